The molecule has 0 spiro atoms. The number of rotatable bonds is 5. The topological polar surface area (TPSA) is 63.8 Å². The number of benzene rings is 2. The normalized spacial score (nSPS) is 13.2. The third-order valence-electron chi connectivity index (χ3n) is 4.41. The molecule has 0 saturated carbocycles. The first-order valence-electron chi connectivity index (χ1n) is 8.81. The van der Waals surface area contributed by atoms with Crippen molar-refractivity contribution in [1.29, 1.82) is 0 Å². The molecule has 11 heteroatoms. The molecule has 0 aliphatic heterocycles. The molecule has 0 amide bonds. The first-order valence-corrected chi connectivity index (χ1v) is 9.19. The van der Waals surface area contributed by atoms with Gasteiger partial charge in [-0.1, -0.05) is 29.8 Å². The number of hydrogen-bond acceptors (Lipinski definition) is 4. The molecule has 164 valence electrons. The van der Waals surface area contributed by atoms with Gasteiger partial charge in [-0.15, -0.1) is 0 Å². The Labute approximate surface area is 178 Å². The first kappa shape index (κ1) is 22.8. The highest BCUT2D eigenvalue weighted by Gasteiger charge is 2.33. The number of nitrogens with zero attached hydrogens (tertiary/aromatic N) is 2. The van der Waals surface area contributed by atoms with Gasteiger partial charge in [0.25, 0.3) is 0 Å². The number of nitrogens with two attached hydrogens (primary N) is 1. The molecule has 4 nitrogen and oxygen atoms in total. The zero-order valence-corrected chi connectivity index (χ0v) is 16.4. The van der Waals surface area contributed by atoms with E-state index in [-0.39, 0.29) is 6.54 Å². The maximum Gasteiger partial charge on any atom is 0.417 e. The van der Waals surface area contributed by atoms with Crippen LogP contribution in [0.2, 0.25) is 5.02 Å². The predicted molar refractivity (Wildman–Crippen MR) is 104 cm³/mol. The van der Waals surface area contributed by atoms with E-state index in [9.17, 15) is 26.3 Å². The van der Waals surface area contributed by atoms with Gasteiger partial charge in [0.2, 0.25) is 0 Å². The van der Waals surface area contributed by atoms with E-state index in [0.717, 1.165) is 24.3 Å². The standard InChI is InChI=1S/C20H15ClF6N4/c21-15-7-12(3-6-14(15)20(25,26)27)17-8-18(31-10-30-17)29-9-16(28)11-1-4-13(5-2-11)19(22,23)24/h1-8,10,16H,9,28H2,(H,29,30,31)/t16-/m0/s1. The van der Waals surface area contributed by atoms with Gasteiger partial charge in [-0.2, -0.15) is 26.3 Å². The number of nitrogens with one attached hydrogen (secondary N) is 1. The Bertz CT molecular complexity index is 1050. The molecular formula is C20H15ClF6N4. The summed E-state index contributed by atoms with van der Waals surface area (Å²) >= 11 is 5.75. The van der Waals surface area contributed by atoms with Crippen molar-refractivity contribution >= 4 is 17.4 Å². The van der Waals surface area contributed by atoms with Crippen LogP contribution in [0.1, 0.15) is 22.7 Å². The van der Waals surface area contributed by atoms with Gasteiger partial charge in [0, 0.05) is 24.2 Å². The summed E-state index contributed by atoms with van der Waals surface area (Å²) in [7, 11) is 0. The molecular weight excluding hydrogens is 446 g/mol. The van der Waals surface area contributed by atoms with E-state index < -0.39 is 34.5 Å². The number of aromatic nitrogens is 2. The summed E-state index contributed by atoms with van der Waals surface area (Å²) in [5, 5.41) is 2.48. The second kappa shape index (κ2) is 8.72. The largest absolute Gasteiger partial charge is 0.417 e. The van der Waals surface area contributed by atoms with Crippen LogP contribution in [0.5, 0.6) is 0 Å². The van der Waals surface area contributed by atoms with E-state index in [0.29, 0.717) is 22.6 Å². The fourth-order valence-electron chi connectivity index (χ4n) is 2.77. The van der Waals surface area contributed by atoms with E-state index in [1.807, 2.05) is 0 Å². The van der Waals surface area contributed by atoms with Crippen LogP contribution in [0.4, 0.5) is 32.2 Å². The van der Waals surface area contributed by atoms with Crippen LogP contribution < -0.4 is 11.1 Å². The molecule has 3 aromatic rings. The van der Waals surface area contributed by atoms with Crippen LogP contribution in [-0.2, 0) is 12.4 Å². The zero-order chi connectivity index (χ0) is 22.8. The van der Waals surface area contributed by atoms with Gasteiger partial charge in [-0.3, -0.25) is 0 Å². The van der Waals surface area contributed by atoms with E-state index in [1.165, 1.54) is 30.6 Å². The summed E-state index contributed by atoms with van der Waals surface area (Å²) in [6.45, 7) is 0.148. The minimum atomic E-state index is -4.57. The van der Waals surface area contributed by atoms with Gasteiger partial charge in [0.1, 0.15) is 12.1 Å². The van der Waals surface area contributed by atoms with Gasteiger partial charge in [0.05, 0.1) is 21.8 Å². The Morgan fingerprint density at radius 1 is 0.903 bits per heavy atom. The highest BCUT2D eigenvalue weighted by atomic mass is 35.5. The van der Waals surface area contributed by atoms with Crippen LogP contribution in [0.3, 0.4) is 0 Å². The quantitative estimate of drug-likeness (QED) is 0.462. The van der Waals surface area contributed by atoms with Crippen molar-refractivity contribution in [2.24, 2.45) is 5.73 Å². The molecule has 0 aliphatic rings. The molecule has 3 rings (SSSR count). The number of hydrogen-bond donors (Lipinski definition) is 2. The van der Waals surface area contributed by atoms with Crippen molar-refractivity contribution < 1.29 is 26.3 Å². The molecule has 3 N–H and O–H groups in total. The highest BCUT2D eigenvalue weighted by Crippen LogP contribution is 2.36. The predicted octanol–water partition coefficient (Wildman–Crippen LogP) is 5.95. The third-order valence-corrected chi connectivity index (χ3v) is 4.72. The van der Waals surface area contributed by atoms with Crippen molar-refractivity contribution in [3.05, 3.63) is 76.6 Å². The van der Waals surface area contributed by atoms with Gasteiger partial charge in [0.15, 0.2) is 0 Å². The summed E-state index contributed by atoms with van der Waals surface area (Å²) in [6, 6.07) is 8.64. The molecule has 1 heterocycles. The SMILES string of the molecule is N[C@@H](CNc1cc(-c2ccc(C(F)(F)F)c(Cl)c2)ncn1)c1ccc(C(F)(F)F)cc1. The van der Waals surface area contributed by atoms with Crippen LogP contribution in [0.25, 0.3) is 11.3 Å². The molecule has 2 aromatic carbocycles. The molecule has 1 atom stereocenters. The fraction of sp³-hybridized carbons (Fsp3) is 0.200. The number of alkyl halides is 6. The van der Waals surface area contributed by atoms with Crippen LogP contribution in [0, 0.1) is 0 Å². The highest BCUT2D eigenvalue weighted by molar-refractivity contribution is 6.31. The molecule has 0 unspecified atom stereocenters. The molecule has 0 saturated heterocycles. The van der Waals surface area contributed by atoms with Crippen molar-refractivity contribution in [3.63, 3.8) is 0 Å². The van der Waals surface area contributed by atoms with E-state index in [1.54, 1.807) is 0 Å². The minimum absolute atomic E-state index is 0.148. The Balaban J connectivity index is 1.70. The zero-order valence-electron chi connectivity index (χ0n) is 15.6. The molecule has 1 aromatic heterocycles. The van der Waals surface area contributed by atoms with E-state index in [4.69, 9.17) is 17.3 Å². The first-order chi connectivity index (χ1) is 14.4. The molecule has 0 bridgehead atoms. The maximum absolute atomic E-state index is 12.9. The summed E-state index contributed by atoms with van der Waals surface area (Å²) in [6.07, 6.45) is -7.78. The monoisotopic (exact) mass is 460 g/mol. The maximum atomic E-state index is 12.9. The van der Waals surface area contributed by atoms with Gasteiger partial charge >= 0.3 is 12.4 Å². The summed E-state index contributed by atoms with van der Waals surface area (Å²) in [4.78, 5) is 8.05. The Morgan fingerprint density at radius 2 is 1.58 bits per heavy atom. The lowest BCUT2D eigenvalue weighted by Crippen LogP contribution is -2.21. The van der Waals surface area contributed by atoms with Gasteiger partial charge in [-0.25, -0.2) is 9.97 Å². The van der Waals surface area contributed by atoms with Crippen LogP contribution >= 0.6 is 11.6 Å². The average Bonchev–Trinajstić information content (AvgIpc) is 2.70. The number of halogens is 7. The van der Waals surface area contributed by atoms with Crippen LogP contribution in [-0.4, -0.2) is 16.5 Å². The fourth-order valence-corrected chi connectivity index (χ4v) is 3.06. The Kier molecular flexibility index (Phi) is 6.42. The van der Waals surface area contributed by atoms with E-state index in [2.05, 4.69) is 15.3 Å². The second-order valence-corrected chi connectivity index (χ2v) is 7.00. The molecule has 0 aliphatic carbocycles. The summed E-state index contributed by atoms with van der Waals surface area (Å²) in [5.74, 6) is 0.336. The lowest BCUT2D eigenvalue weighted by atomic mass is 10.1. The smallest absolute Gasteiger partial charge is 0.368 e. The lowest BCUT2D eigenvalue weighted by molar-refractivity contribution is -0.138. The minimum Gasteiger partial charge on any atom is -0.368 e. The van der Waals surface area contributed by atoms with Gasteiger partial charge < -0.3 is 11.1 Å². The van der Waals surface area contributed by atoms with Gasteiger partial charge in [-0.05, 0) is 29.8 Å². The number of anilines is 1. The van der Waals surface area contributed by atoms with Crippen molar-refractivity contribution in [2.75, 3.05) is 11.9 Å². The Hall–Kier alpha value is -2.85. The summed E-state index contributed by atoms with van der Waals surface area (Å²) in [5.41, 5.74) is 5.47. The lowest BCUT2D eigenvalue weighted by Gasteiger charge is -2.15. The third kappa shape index (κ3) is 5.65. The van der Waals surface area contributed by atoms with Crippen LogP contribution in [0.15, 0.2) is 54.9 Å². The van der Waals surface area contributed by atoms with Crippen molar-refractivity contribution in [3.8, 4) is 11.3 Å². The van der Waals surface area contributed by atoms with Crippen molar-refractivity contribution in [2.45, 2.75) is 18.4 Å². The van der Waals surface area contributed by atoms with E-state index >= 15 is 0 Å². The molecule has 31 heavy (non-hydrogen) atoms. The average molecular weight is 461 g/mol. The molecule has 0 fully saturated rings. The van der Waals surface area contributed by atoms with Crippen molar-refractivity contribution in [1.82, 2.24) is 9.97 Å². The second-order valence-electron chi connectivity index (χ2n) is 6.59. The summed E-state index contributed by atoms with van der Waals surface area (Å²) < 4.78 is 76.5. The Morgan fingerprint density at radius 3 is 2.16 bits per heavy atom. The molecule has 0 radical (unpaired) electrons.